The van der Waals surface area contributed by atoms with Crippen LogP contribution >= 0.6 is 11.6 Å². The predicted octanol–water partition coefficient (Wildman–Crippen LogP) is 3.61. The molecule has 0 aliphatic carbocycles. The zero-order chi connectivity index (χ0) is 10.3. The van der Waals surface area contributed by atoms with Crippen molar-refractivity contribution in [2.45, 2.75) is 39.2 Å². The smallest absolute Gasteiger partial charge is 0.0656 e. The highest BCUT2D eigenvalue weighted by molar-refractivity contribution is 6.31. The minimum atomic E-state index is 0.0719. The first-order chi connectivity index (χ1) is 6.49. The van der Waals surface area contributed by atoms with Gasteiger partial charge in [0.15, 0.2) is 0 Å². The normalized spacial score (nSPS) is 18.6. The molecule has 0 saturated heterocycles. The molecule has 0 atom stereocenters. The SMILES string of the molecule is Cc1c(Cl)ccc2c1[N]C(C)(C)CC2. The van der Waals surface area contributed by atoms with Gasteiger partial charge in [-0.2, -0.15) is 0 Å². The minimum Gasteiger partial charge on any atom is -0.279 e. The summed E-state index contributed by atoms with van der Waals surface area (Å²) in [7, 11) is 0. The topological polar surface area (TPSA) is 14.1 Å². The zero-order valence-corrected chi connectivity index (χ0v) is 9.65. The Morgan fingerprint density at radius 3 is 2.79 bits per heavy atom. The number of benzene rings is 1. The molecule has 1 aromatic carbocycles. The van der Waals surface area contributed by atoms with E-state index in [-0.39, 0.29) is 5.54 Å². The van der Waals surface area contributed by atoms with Gasteiger partial charge in [-0.05, 0) is 50.8 Å². The van der Waals surface area contributed by atoms with Crippen molar-refractivity contribution in [3.05, 3.63) is 28.3 Å². The molecule has 0 aromatic heterocycles. The first-order valence-electron chi connectivity index (χ1n) is 5.00. The van der Waals surface area contributed by atoms with E-state index < -0.39 is 0 Å². The fraction of sp³-hybridized carbons (Fsp3) is 0.500. The number of fused-ring (bicyclic) bond motifs is 1. The Bertz CT molecular complexity index is 369. The van der Waals surface area contributed by atoms with Crippen molar-refractivity contribution in [3.8, 4) is 0 Å². The van der Waals surface area contributed by atoms with Crippen molar-refractivity contribution in [3.63, 3.8) is 0 Å². The van der Waals surface area contributed by atoms with Crippen molar-refractivity contribution in [1.82, 2.24) is 5.32 Å². The van der Waals surface area contributed by atoms with Crippen LogP contribution in [0.15, 0.2) is 12.1 Å². The van der Waals surface area contributed by atoms with Gasteiger partial charge in [-0.1, -0.05) is 17.7 Å². The third-order valence-corrected chi connectivity index (χ3v) is 3.28. The van der Waals surface area contributed by atoms with Gasteiger partial charge in [-0.25, -0.2) is 0 Å². The summed E-state index contributed by atoms with van der Waals surface area (Å²) in [6.07, 6.45) is 2.24. The van der Waals surface area contributed by atoms with Crippen LogP contribution in [0.1, 0.15) is 31.4 Å². The van der Waals surface area contributed by atoms with Crippen LogP contribution in [0.5, 0.6) is 0 Å². The van der Waals surface area contributed by atoms with Crippen LogP contribution in [0, 0.1) is 6.92 Å². The molecule has 0 unspecified atom stereocenters. The molecule has 1 aliphatic rings. The molecule has 1 radical (unpaired) electrons. The van der Waals surface area contributed by atoms with E-state index in [4.69, 9.17) is 16.9 Å². The molecule has 0 spiro atoms. The minimum absolute atomic E-state index is 0.0719. The Kier molecular flexibility index (Phi) is 2.23. The van der Waals surface area contributed by atoms with Crippen LogP contribution in [0.25, 0.3) is 0 Å². The number of halogens is 1. The number of nitrogens with zero attached hydrogens (tertiary/aromatic N) is 1. The van der Waals surface area contributed by atoms with E-state index in [1.807, 2.05) is 13.0 Å². The van der Waals surface area contributed by atoms with Crippen molar-refractivity contribution >= 4 is 17.3 Å². The predicted molar refractivity (Wildman–Crippen MR) is 60.4 cm³/mol. The van der Waals surface area contributed by atoms with Crippen LogP contribution in [0.2, 0.25) is 5.02 Å². The van der Waals surface area contributed by atoms with Crippen LogP contribution in [-0.4, -0.2) is 5.54 Å². The first-order valence-corrected chi connectivity index (χ1v) is 5.38. The lowest BCUT2D eigenvalue weighted by molar-refractivity contribution is 0.388. The molecule has 1 nitrogen and oxygen atoms in total. The van der Waals surface area contributed by atoms with Crippen molar-refractivity contribution in [2.24, 2.45) is 0 Å². The monoisotopic (exact) mass is 208 g/mol. The Labute approximate surface area is 90.5 Å². The second-order valence-electron chi connectivity index (χ2n) is 4.60. The lowest BCUT2D eigenvalue weighted by Crippen LogP contribution is -2.34. The lowest BCUT2D eigenvalue weighted by atomic mass is 9.88. The summed E-state index contributed by atoms with van der Waals surface area (Å²) in [6, 6.07) is 4.08. The summed E-state index contributed by atoms with van der Waals surface area (Å²) in [5.41, 5.74) is 3.65. The highest BCUT2D eigenvalue weighted by Crippen LogP contribution is 2.36. The average Bonchev–Trinajstić information content (AvgIpc) is 2.11. The number of hydrogen-bond donors (Lipinski definition) is 0. The number of hydrogen-bond acceptors (Lipinski definition) is 0. The van der Waals surface area contributed by atoms with E-state index in [0.717, 1.165) is 29.1 Å². The van der Waals surface area contributed by atoms with Gasteiger partial charge in [0.1, 0.15) is 0 Å². The summed E-state index contributed by atoms with van der Waals surface area (Å²) in [6.45, 7) is 6.40. The fourth-order valence-electron chi connectivity index (χ4n) is 1.89. The highest BCUT2D eigenvalue weighted by Gasteiger charge is 2.27. The van der Waals surface area contributed by atoms with Crippen LogP contribution in [0.3, 0.4) is 0 Å². The molecule has 0 amide bonds. The van der Waals surface area contributed by atoms with E-state index in [0.29, 0.717) is 0 Å². The second-order valence-corrected chi connectivity index (χ2v) is 5.01. The van der Waals surface area contributed by atoms with Crippen LogP contribution in [-0.2, 0) is 6.42 Å². The van der Waals surface area contributed by atoms with Gasteiger partial charge in [0, 0.05) is 5.02 Å². The summed E-state index contributed by atoms with van der Waals surface area (Å²) in [5.74, 6) is 0. The fourth-order valence-corrected chi connectivity index (χ4v) is 2.04. The molecule has 75 valence electrons. The summed E-state index contributed by atoms with van der Waals surface area (Å²) < 4.78 is 0. The van der Waals surface area contributed by atoms with Crippen molar-refractivity contribution in [2.75, 3.05) is 0 Å². The van der Waals surface area contributed by atoms with Gasteiger partial charge < -0.3 is 0 Å². The maximum atomic E-state index is 6.08. The van der Waals surface area contributed by atoms with Crippen LogP contribution in [0.4, 0.5) is 5.69 Å². The van der Waals surface area contributed by atoms with E-state index in [9.17, 15) is 0 Å². The lowest BCUT2D eigenvalue weighted by Gasteiger charge is -2.32. The van der Waals surface area contributed by atoms with Crippen molar-refractivity contribution < 1.29 is 0 Å². The van der Waals surface area contributed by atoms with Crippen LogP contribution < -0.4 is 5.32 Å². The van der Waals surface area contributed by atoms with Crippen molar-refractivity contribution in [1.29, 1.82) is 0 Å². The third kappa shape index (κ3) is 1.61. The molecule has 2 rings (SSSR count). The standard InChI is InChI=1S/C12H15ClN/c1-8-10(13)5-4-9-6-7-12(2,3)14-11(8)9/h4-5H,6-7H2,1-3H3. The maximum absolute atomic E-state index is 6.08. The van der Waals surface area contributed by atoms with Gasteiger partial charge in [-0.3, -0.25) is 5.32 Å². The number of rotatable bonds is 0. The third-order valence-electron chi connectivity index (χ3n) is 2.87. The molecule has 2 heteroatoms. The molecule has 14 heavy (non-hydrogen) atoms. The maximum Gasteiger partial charge on any atom is 0.0656 e. The summed E-state index contributed by atoms with van der Waals surface area (Å²) in [5, 5.41) is 5.58. The summed E-state index contributed by atoms with van der Waals surface area (Å²) in [4.78, 5) is 0. The molecule has 1 aromatic rings. The molecular formula is C12H15ClN. The Morgan fingerprint density at radius 1 is 1.36 bits per heavy atom. The summed E-state index contributed by atoms with van der Waals surface area (Å²) >= 11 is 6.08. The molecule has 0 fully saturated rings. The van der Waals surface area contributed by atoms with E-state index >= 15 is 0 Å². The van der Waals surface area contributed by atoms with E-state index in [2.05, 4.69) is 19.9 Å². The van der Waals surface area contributed by atoms with Gasteiger partial charge in [-0.15, -0.1) is 0 Å². The zero-order valence-electron chi connectivity index (χ0n) is 8.89. The van der Waals surface area contributed by atoms with Gasteiger partial charge in [0.05, 0.1) is 11.2 Å². The molecule has 0 saturated carbocycles. The quantitative estimate of drug-likeness (QED) is 0.619. The largest absolute Gasteiger partial charge is 0.279 e. The van der Waals surface area contributed by atoms with Gasteiger partial charge in [0.2, 0.25) is 0 Å². The Morgan fingerprint density at radius 2 is 2.07 bits per heavy atom. The second kappa shape index (κ2) is 3.16. The number of aryl methyl sites for hydroxylation is 1. The Balaban J connectivity index is 2.49. The van der Waals surface area contributed by atoms with E-state index in [1.54, 1.807) is 0 Å². The highest BCUT2D eigenvalue weighted by atomic mass is 35.5. The molecule has 1 heterocycles. The van der Waals surface area contributed by atoms with E-state index in [1.165, 1.54) is 5.56 Å². The van der Waals surface area contributed by atoms with Gasteiger partial charge in [0.25, 0.3) is 0 Å². The molecule has 0 N–H and O–H groups in total. The average molecular weight is 209 g/mol. The first kappa shape index (κ1) is 9.85. The molecular weight excluding hydrogens is 194 g/mol. The molecule has 0 bridgehead atoms. The molecule has 1 aliphatic heterocycles. The van der Waals surface area contributed by atoms with Gasteiger partial charge >= 0.3 is 0 Å². The Hall–Kier alpha value is -0.690.